The number of aromatic nitrogens is 1. The highest BCUT2D eigenvalue weighted by molar-refractivity contribution is 7.91. The molecule has 2 aliphatic rings. The number of carbonyl (C=O) groups is 2. The van der Waals surface area contributed by atoms with E-state index in [-0.39, 0.29) is 47.3 Å². The number of fused-ring (bicyclic) bond motifs is 1. The molecule has 0 radical (unpaired) electrons. The zero-order valence-electron chi connectivity index (χ0n) is 24.1. The lowest BCUT2D eigenvalue weighted by molar-refractivity contribution is -0.0578. The Bertz CT molecular complexity index is 1320. The Morgan fingerprint density at radius 3 is 2.55 bits per heavy atom. The molecule has 0 aliphatic carbocycles. The van der Waals surface area contributed by atoms with E-state index in [1.807, 2.05) is 20.8 Å². The third-order valence-corrected chi connectivity index (χ3v) is 9.72. The minimum atomic E-state index is -3.26. The molecular weight excluding hydrogens is 552 g/mol. The van der Waals surface area contributed by atoms with Gasteiger partial charge in [0.05, 0.1) is 41.6 Å². The van der Waals surface area contributed by atoms with Gasteiger partial charge in [0.15, 0.2) is 14.8 Å². The highest BCUT2D eigenvalue weighted by atomic mass is 32.2. The van der Waals surface area contributed by atoms with Gasteiger partial charge in [-0.05, 0) is 44.4 Å². The lowest BCUT2D eigenvalue weighted by Crippen LogP contribution is -2.50. The minimum absolute atomic E-state index is 0.0429. The summed E-state index contributed by atoms with van der Waals surface area (Å²) in [7, 11) is -3.26. The van der Waals surface area contributed by atoms with Crippen molar-refractivity contribution in [1.29, 1.82) is 0 Å². The normalized spacial score (nSPS) is 20.0. The number of rotatable bonds is 8. The molecule has 10 nitrogen and oxygen atoms in total. The molecule has 0 saturated carbocycles. The van der Waals surface area contributed by atoms with Gasteiger partial charge in [-0.1, -0.05) is 32.9 Å². The van der Waals surface area contributed by atoms with Gasteiger partial charge in [0.25, 0.3) is 5.91 Å². The van der Waals surface area contributed by atoms with Crippen LogP contribution in [0, 0.1) is 5.92 Å². The van der Waals surface area contributed by atoms with Crippen LogP contribution in [0.1, 0.15) is 73.5 Å². The van der Waals surface area contributed by atoms with Gasteiger partial charge in [0.2, 0.25) is 0 Å². The average Bonchev–Trinajstić information content (AvgIpc) is 3.44. The molecule has 0 spiro atoms. The summed E-state index contributed by atoms with van der Waals surface area (Å²) in [6.07, 6.45) is -0.459. The quantitative estimate of drug-likeness (QED) is 0.489. The zero-order chi connectivity index (χ0) is 29.2. The fourth-order valence-corrected chi connectivity index (χ4v) is 6.93. The largest absolute Gasteiger partial charge is 0.444 e. The first-order valence-corrected chi connectivity index (χ1v) is 16.2. The molecule has 1 N–H and O–H groups in total. The van der Waals surface area contributed by atoms with Crippen LogP contribution in [0.25, 0.3) is 0 Å². The molecule has 4 rings (SSSR count). The first-order chi connectivity index (χ1) is 18.8. The molecule has 0 bridgehead atoms. The first kappa shape index (κ1) is 30.4. The van der Waals surface area contributed by atoms with E-state index >= 15 is 0 Å². The molecule has 3 heterocycles. The summed E-state index contributed by atoms with van der Waals surface area (Å²) in [5.74, 6) is 0.0650. The van der Waals surface area contributed by atoms with Crippen LogP contribution < -0.4 is 5.32 Å². The van der Waals surface area contributed by atoms with Crippen LogP contribution in [0.15, 0.2) is 29.2 Å². The molecular formula is C28H40N4O6S2. The monoisotopic (exact) mass is 592 g/mol. The minimum Gasteiger partial charge on any atom is -0.444 e. The maximum absolute atomic E-state index is 12.9. The van der Waals surface area contributed by atoms with E-state index in [1.165, 1.54) is 11.3 Å². The number of amides is 2. The summed E-state index contributed by atoms with van der Waals surface area (Å²) in [4.78, 5) is 35.7. The Labute approximate surface area is 241 Å². The molecule has 1 saturated heterocycles. The Kier molecular flexibility index (Phi) is 9.23. The predicted molar refractivity (Wildman–Crippen MR) is 153 cm³/mol. The predicted octanol–water partition coefficient (Wildman–Crippen LogP) is 4.02. The summed E-state index contributed by atoms with van der Waals surface area (Å²) in [5.41, 5.74) is 1.19. The lowest BCUT2D eigenvalue weighted by atomic mass is 10.0. The summed E-state index contributed by atoms with van der Waals surface area (Å²) < 4.78 is 35.6. The van der Waals surface area contributed by atoms with Gasteiger partial charge in [0.1, 0.15) is 5.60 Å². The fourth-order valence-electron chi connectivity index (χ4n) is 5.00. The van der Waals surface area contributed by atoms with Gasteiger partial charge in [0, 0.05) is 31.1 Å². The molecule has 40 heavy (non-hydrogen) atoms. The van der Waals surface area contributed by atoms with Crippen molar-refractivity contribution in [1.82, 2.24) is 20.1 Å². The van der Waals surface area contributed by atoms with Crippen molar-refractivity contribution in [2.75, 3.05) is 32.0 Å². The van der Waals surface area contributed by atoms with Gasteiger partial charge in [-0.25, -0.2) is 18.2 Å². The van der Waals surface area contributed by atoms with E-state index in [0.717, 1.165) is 16.1 Å². The van der Waals surface area contributed by atoms with Gasteiger partial charge in [-0.2, -0.15) is 0 Å². The van der Waals surface area contributed by atoms with Crippen molar-refractivity contribution >= 4 is 33.2 Å². The smallest absolute Gasteiger partial charge is 0.410 e. The zero-order valence-corrected chi connectivity index (χ0v) is 25.7. The van der Waals surface area contributed by atoms with Crippen molar-refractivity contribution < 1.29 is 27.5 Å². The van der Waals surface area contributed by atoms with Crippen molar-refractivity contribution in [3.8, 4) is 0 Å². The number of hydrogen-bond acceptors (Lipinski definition) is 9. The van der Waals surface area contributed by atoms with Crippen LogP contribution >= 0.6 is 11.3 Å². The Hall–Kier alpha value is -2.54. The van der Waals surface area contributed by atoms with E-state index in [0.29, 0.717) is 37.8 Å². The van der Waals surface area contributed by atoms with Crippen molar-refractivity contribution in [2.24, 2.45) is 5.92 Å². The number of carbonyl (C=O) groups excluding carboxylic acids is 2. The van der Waals surface area contributed by atoms with E-state index in [4.69, 9.17) is 14.5 Å². The van der Waals surface area contributed by atoms with E-state index in [9.17, 15) is 18.0 Å². The van der Waals surface area contributed by atoms with Crippen molar-refractivity contribution in [3.63, 3.8) is 0 Å². The topological polar surface area (TPSA) is 118 Å². The van der Waals surface area contributed by atoms with E-state index < -0.39 is 15.4 Å². The van der Waals surface area contributed by atoms with Crippen LogP contribution in [-0.4, -0.2) is 78.9 Å². The third-order valence-electron chi connectivity index (χ3n) is 6.92. The maximum atomic E-state index is 12.9. The molecule has 1 aromatic carbocycles. The van der Waals surface area contributed by atoms with Gasteiger partial charge < -0.3 is 19.7 Å². The van der Waals surface area contributed by atoms with Crippen LogP contribution in [0.5, 0.6) is 0 Å². The molecule has 2 aromatic rings. The number of ether oxygens (including phenoxy) is 2. The molecule has 1 aromatic heterocycles. The maximum Gasteiger partial charge on any atom is 0.410 e. The fraction of sp³-hybridized carbons (Fsp3) is 0.607. The molecule has 12 heteroatoms. The van der Waals surface area contributed by atoms with Gasteiger partial charge in [-0.15, -0.1) is 11.3 Å². The summed E-state index contributed by atoms with van der Waals surface area (Å²) in [5, 5.41) is 3.33. The number of thiazole rings is 1. The number of nitrogens with zero attached hydrogens (tertiary/aromatic N) is 3. The summed E-state index contributed by atoms with van der Waals surface area (Å²) in [6, 6.07) is 6.62. The van der Waals surface area contributed by atoms with E-state index in [2.05, 4.69) is 24.1 Å². The number of benzene rings is 1. The second-order valence-corrected chi connectivity index (χ2v) is 15.0. The van der Waals surface area contributed by atoms with Crippen molar-refractivity contribution in [3.05, 3.63) is 45.4 Å². The van der Waals surface area contributed by atoms with E-state index in [1.54, 1.807) is 36.1 Å². The molecule has 0 unspecified atom stereocenters. The first-order valence-electron chi connectivity index (χ1n) is 13.7. The van der Waals surface area contributed by atoms with Gasteiger partial charge in [-0.3, -0.25) is 9.69 Å². The highest BCUT2D eigenvalue weighted by Crippen LogP contribution is 2.41. The SMILES string of the molecule is CCS(=O)(=O)c1ccc(CNC(=O)c2nc3c(s2)CN(C[C@H]2CN(C(=O)OC(C)(C)C)CCO2)[C@H]3C(C)C)cc1. The number of sulfone groups is 1. The number of morpholine rings is 1. The Morgan fingerprint density at radius 2 is 1.93 bits per heavy atom. The molecule has 1 fully saturated rings. The van der Waals surface area contributed by atoms with Crippen LogP contribution in [0.4, 0.5) is 4.79 Å². The molecule has 2 aliphatic heterocycles. The molecule has 2 atom stereocenters. The summed E-state index contributed by atoms with van der Waals surface area (Å²) in [6.45, 7) is 14.5. The lowest BCUT2D eigenvalue weighted by Gasteiger charge is -2.37. The van der Waals surface area contributed by atoms with Crippen LogP contribution in [0.2, 0.25) is 0 Å². The molecule has 220 valence electrons. The summed E-state index contributed by atoms with van der Waals surface area (Å²) >= 11 is 1.40. The molecule has 2 amide bonds. The number of hydrogen-bond donors (Lipinski definition) is 1. The second kappa shape index (κ2) is 12.1. The Morgan fingerprint density at radius 1 is 1.23 bits per heavy atom. The number of nitrogens with one attached hydrogen (secondary N) is 1. The van der Waals surface area contributed by atoms with Crippen molar-refractivity contribution in [2.45, 2.75) is 77.3 Å². The second-order valence-electron chi connectivity index (χ2n) is 11.6. The third kappa shape index (κ3) is 7.20. The highest BCUT2D eigenvalue weighted by Gasteiger charge is 2.39. The van der Waals surface area contributed by atoms with Crippen LogP contribution in [-0.2, 0) is 32.4 Å². The standard InChI is InChI=1S/C28H40N4O6S2/c1-7-40(35,36)21-10-8-19(9-11-21)14-29-25(33)26-30-23-22(39-26)17-32(24(23)18(2)3)16-20-15-31(12-13-37-20)27(34)38-28(4,5)6/h8-11,18,20,24H,7,12-17H2,1-6H3,(H,29,33)/t20-,24+/m1/s1. The van der Waals surface area contributed by atoms with Crippen LogP contribution in [0.3, 0.4) is 0 Å². The average molecular weight is 593 g/mol. The van der Waals surface area contributed by atoms with Gasteiger partial charge >= 0.3 is 6.09 Å². The Balaban J connectivity index is 1.36.